The maximum atomic E-state index is 12.7. The van der Waals surface area contributed by atoms with E-state index in [1.54, 1.807) is 19.1 Å². The average Bonchev–Trinajstić information content (AvgIpc) is 2.96. The van der Waals surface area contributed by atoms with Gasteiger partial charge in [0.2, 0.25) is 5.91 Å². The van der Waals surface area contributed by atoms with E-state index in [1.807, 2.05) is 50.2 Å². The van der Waals surface area contributed by atoms with Crippen molar-refractivity contribution < 1.29 is 14.1 Å². The van der Waals surface area contributed by atoms with Crippen molar-refractivity contribution in [3.8, 4) is 5.75 Å². The lowest BCUT2D eigenvalue weighted by molar-refractivity contribution is -0.117. The molecule has 5 nitrogen and oxygen atoms in total. The lowest BCUT2D eigenvalue weighted by Gasteiger charge is -2.20. The third-order valence-electron chi connectivity index (χ3n) is 4.09. The molecule has 3 rings (SSSR count). The number of carbonyl (C=O) groups is 1. The number of ether oxygens (including phenoxy) is 1. The SMILES string of the molecule is COc1ccc(C)cc1N(C)C(=O)Cc1noc2ccc(C)cc12. The van der Waals surface area contributed by atoms with Crippen LogP contribution in [0.1, 0.15) is 16.8 Å². The summed E-state index contributed by atoms with van der Waals surface area (Å²) in [5.41, 5.74) is 4.25. The molecule has 24 heavy (non-hydrogen) atoms. The summed E-state index contributed by atoms with van der Waals surface area (Å²) in [6, 6.07) is 11.6. The number of methoxy groups -OCH3 is 1. The molecule has 0 bridgehead atoms. The Kier molecular flexibility index (Phi) is 4.25. The molecular formula is C19H20N2O3. The Morgan fingerprint density at radius 2 is 1.88 bits per heavy atom. The van der Waals surface area contributed by atoms with Gasteiger partial charge in [0.15, 0.2) is 5.58 Å². The van der Waals surface area contributed by atoms with Gasteiger partial charge in [-0.05, 0) is 43.7 Å². The highest BCUT2D eigenvalue weighted by molar-refractivity contribution is 5.97. The first-order chi connectivity index (χ1) is 11.5. The Labute approximate surface area is 140 Å². The number of fused-ring (bicyclic) bond motifs is 1. The van der Waals surface area contributed by atoms with Crippen molar-refractivity contribution in [3.05, 3.63) is 53.2 Å². The Morgan fingerprint density at radius 3 is 2.62 bits per heavy atom. The molecule has 0 aliphatic heterocycles. The van der Waals surface area contributed by atoms with E-state index in [1.165, 1.54) is 0 Å². The summed E-state index contributed by atoms with van der Waals surface area (Å²) in [5, 5.41) is 4.94. The third kappa shape index (κ3) is 2.97. The van der Waals surface area contributed by atoms with Gasteiger partial charge in [-0.15, -0.1) is 0 Å². The average molecular weight is 324 g/mol. The molecule has 0 aliphatic carbocycles. The van der Waals surface area contributed by atoms with Crippen molar-refractivity contribution in [1.29, 1.82) is 0 Å². The monoisotopic (exact) mass is 324 g/mol. The topological polar surface area (TPSA) is 55.6 Å². The van der Waals surface area contributed by atoms with Gasteiger partial charge in [0.25, 0.3) is 0 Å². The first-order valence-electron chi connectivity index (χ1n) is 7.75. The number of hydrogen-bond donors (Lipinski definition) is 0. The smallest absolute Gasteiger partial charge is 0.233 e. The van der Waals surface area contributed by atoms with Gasteiger partial charge < -0.3 is 14.2 Å². The van der Waals surface area contributed by atoms with Gasteiger partial charge >= 0.3 is 0 Å². The summed E-state index contributed by atoms with van der Waals surface area (Å²) in [6.45, 7) is 3.98. The van der Waals surface area contributed by atoms with Gasteiger partial charge in [0.1, 0.15) is 11.4 Å². The zero-order valence-corrected chi connectivity index (χ0v) is 14.3. The van der Waals surface area contributed by atoms with Gasteiger partial charge in [0.05, 0.1) is 19.2 Å². The van der Waals surface area contributed by atoms with Crippen LogP contribution in [-0.2, 0) is 11.2 Å². The van der Waals surface area contributed by atoms with Gasteiger partial charge in [-0.3, -0.25) is 4.79 Å². The van der Waals surface area contributed by atoms with Gasteiger partial charge in [0, 0.05) is 12.4 Å². The summed E-state index contributed by atoms with van der Waals surface area (Å²) in [7, 11) is 3.34. The summed E-state index contributed by atoms with van der Waals surface area (Å²) in [4.78, 5) is 14.3. The second-order valence-electron chi connectivity index (χ2n) is 5.93. The number of amides is 1. The number of likely N-dealkylation sites (N-methyl/N-ethyl adjacent to an activating group) is 1. The minimum absolute atomic E-state index is 0.0735. The van der Waals surface area contributed by atoms with Crippen LogP contribution in [0, 0.1) is 13.8 Å². The molecule has 2 aromatic carbocycles. The van der Waals surface area contributed by atoms with Crippen LogP contribution in [0.25, 0.3) is 11.0 Å². The highest BCUT2D eigenvalue weighted by Gasteiger charge is 2.19. The molecule has 3 aromatic rings. The molecule has 1 aromatic heterocycles. The summed E-state index contributed by atoms with van der Waals surface area (Å²) >= 11 is 0. The maximum absolute atomic E-state index is 12.7. The molecule has 1 amide bonds. The molecule has 0 fully saturated rings. The van der Waals surface area contributed by atoms with E-state index in [-0.39, 0.29) is 12.3 Å². The fourth-order valence-electron chi connectivity index (χ4n) is 2.69. The van der Waals surface area contributed by atoms with E-state index < -0.39 is 0 Å². The molecule has 0 saturated heterocycles. The van der Waals surface area contributed by atoms with E-state index in [0.29, 0.717) is 17.0 Å². The highest BCUT2D eigenvalue weighted by Crippen LogP contribution is 2.29. The second kappa shape index (κ2) is 6.35. The number of aromatic nitrogens is 1. The molecule has 0 radical (unpaired) electrons. The van der Waals surface area contributed by atoms with Crippen LogP contribution in [0.15, 0.2) is 40.9 Å². The van der Waals surface area contributed by atoms with E-state index in [2.05, 4.69) is 5.16 Å². The lowest BCUT2D eigenvalue weighted by atomic mass is 10.1. The first-order valence-corrected chi connectivity index (χ1v) is 7.75. The first kappa shape index (κ1) is 16.1. The minimum Gasteiger partial charge on any atom is -0.495 e. The standard InChI is InChI=1S/C19H20N2O3/c1-12-5-7-17-14(9-12)15(20-24-17)11-19(22)21(3)16-10-13(2)6-8-18(16)23-4/h5-10H,11H2,1-4H3. The van der Waals surface area contributed by atoms with Crippen LogP contribution < -0.4 is 9.64 Å². The Balaban J connectivity index is 1.89. The molecule has 0 saturated carbocycles. The van der Waals surface area contributed by atoms with Crippen LogP contribution in [0.2, 0.25) is 0 Å². The largest absolute Gasteiger partial charge is 0.495 e. The van der Waals surface area contributed by atoms with Crippen molar-refractivity contribution in [1.82, 2.24) is 5.16 Å². The van der Waals surface area contributed by atoms with Gasteiger partial charge in [-0.2, -0.15) is 0 Å². The number of hydrogen-bond acceptors (Lipinski definition) is 4. The molecule has 0 aliphatic rings. The Morgan fingerprint density at radius 1 is 1.17 bits per heavy atom. The summed E-state index contributed by atoms with van der Waals surface area (Å²) in [6.07, 6.45) is 0.171. The fraction of sp³-hybridized carbons (Fsp3) is 0.263. The van der Waals surface area contributed by atoms with Crippen molar-refractivity contribution in [3.63, 3.8) is 0 Å². The van der Waals surface area contributed by atoms with Crippen molar-refractivity contribution in [2.75, 3.05) is 19.1 Å². The van der Waals surface area contributed by atoms with Crippen LogP contribution in [0.5, 0.6) is 5.75 Å². The molecule has 0 unspecified atom stereocenters. The molecule has 1 heterocycles. The van der Waals surface area contributed by atoms with Crippen LogP contribution in [0.4, 0.5) is 5.69 Å². The number of carbonyl (C=O) groups excluding carboxylic acids is 1. The third-order valence-corrected chi connectivity index (χ3v) is 4.09. The molecular weight excluding hydrogens is 304 g/mol. The van der Waals surface area contributed by atoms with Crippen molar-refractivity contribution in [2.24, 2.45) is 0 Å². The molecule has 124 valence electrons. The van der Waals surface area contributed by atoms with Crippen LogP contribution in [-0.4, -0.2) is 25.2 Å². The summed E-state index contributed by atoms with van der Waals surface area (Å²) < 4.78 is 10.7. The van der Waals surface area contributed by atoms with Crippen molar-refractivity contribution in [2.45, 2.75) is 20.3 Å². The molecule has 0 spiro atoms. The van der Waals surface area contributed by atoms with Gasteiger partial charge in [-0.1, -0.05) is 22.9 Å². The number of aryl methyl sites for hydroxylation is 2. The summed E-state index contributed by atoms with van der Waals surface area (Å²) in [5.74, 6) is 0.591. The highest BCUT2D eigenvalue weighted by atomic mass is 16.5. The fourth-order valence-corrected chi connectivity index (χ4v) is 2.69. The maximum Gasteiger partial charge on any atom is 0.233 e. The predicted octanol–water partition coefficient (Wildman–Crippen LogP) is 3.66. The molecule has 0 N–H and O–H groups in total. The normalized spacial score (nSPS) is 10.8. The van der Waals surface area contributed by atoms with E-state index >= 15 is 0 Å². The van der Waals surface area contributed by atoms with E-state index in [9.17, 15) is 4.79 Å². The minimum atomic E-state index is -0.0735. The number of nitrogens with zero attached hydrogens (tertiary/aromatic N) is 2. The van der Waals surface area contributed by atoms with Crippen molar-refractivity contribution >= 4 is 22.6 Å². The predicted molar refractivity (Wildman–Crippen MR) is 93.6 cm³/mol. The quantitative estimate of drug-likeness (QED) is 0.735. The molecule has 5 heteroatoms. The Hall–Kier alpha value is -2.82. The molecule has 0 atom stereocenters. The zero-order chi connectivity index (χ0) is 17.3. The number of rotatable bonds is 4. The van der Waals surface area contributed by atoms with Gasteiger partial charge in [-0.25, -0.2) is 0 Å². The van der Waals surface area contributed by atoms with E-state index in [4.69, 9.17) is 9.26 Å². The number of benzene rings is 2. The van der Waals surface area contributed by atoms with E-state index in [0.717, 1.165) is 22.2 Å². The number of anilines is 1. The lowest BCUT2D eigenvalue weighted by Crippen LogP contribution is -2.28. The van der Waals surface area contributed by atoms with Crippen LogP contribution >= 0.6 is 0 Å². The van der Waals surface area contributed by atoms with Crippen LogP contribution in [0.3, 0.4) is 0 Å². The zero-order valence-electron chi connectivity index (χ0n) is 14.3. The second-order valence-corrected chi connectivity index (χ2v) is 5.93. The Bertz CT molecular complexity index is 899.